The summed E-state index contributed by atoms with van der Waals surface area (Å²) in [6.07, 6.45) is 1.14. The minimum atomic E-state index is -0.569. The van der Waals surface area contributed by atoms with Crippen molar-refractivity contribution in [3.63, 3.8) is 0 Å². The number of carbonyl (C=O) groups is 1. The Kier molecular flexibility index (Phi) is 5.88. The Bertz CT molecular complexity index is 1070. The average molecular weight is 488 g/mol. The van der Waals surface area contributed by atoms with Crippen LogP contribution in [0, 0.1) is 27.5 Å². The van der Waals surface area contributed by atoms with Gasteiger partial charge in [0.25, 0.3) is 5.91 Å². The third kappa shape index (κ3) is 4.45. The van der Waals surface area contributed by atoms with Gasteiger partial charge >= 0.3 is 5.69 Å². The van der Waals surface area contributed by atoms with E-state index in [0.29, 0.717) is 11.4 Å². The van der Waals surface area contributed by atoms with Crippen LogP contribution in [0.3, 0.4) is 0 Å². The normalized spacial score (nSPS) is 10.4. The van der Waals surface area contributed by atoms with E-state index >= 15 is 0 Å². The summed E-state index contributed by atoms with van der Waals surface area (Å²) in [5.41, 5.74) is 2.89. The zero-order chi connectivity index (χ0) is 20.3. The molecule has 1 amide bonds. The molecule has 0 bridgehead atoms. The lowest BCUT2D eigenvalue weighted by atomic mass is 10.1. The number of aromatic nitrogens is 1. The first-order valence-electron chi connectivity index (χ1n) is 8.40. The largest absolute Gasteiger partial charge is 0.340 e. The first-order valence-corrected chi connectivity index (χ1v) is 9.47. The number of anilines is 3. The van der Waals surface area contributed by atoms with Crippen LogP contribution in [0.1, 0.15) is 21.5 Å². The average Bonchev–Trinajstić information content (AvgIpc) is 2.64. The summed E-state index contributed by atoms with van der Waals surface area (Å²) in [5, 5.41) is 17.1. The summed E-state index contributed by atoms with van der Waals surface area (Å²) in [4.78, 5) is 27.5. The van der Waals surface area contributed by atoms with Gasteiger partial charge < -0.3 is 10.6 Å². The molecule has 0 fully saturated rings. The number of carbonyl (C=O) groups excluding carboxylic acids is 1. The second-order valence-electron chi connectivity index (χ2n) is 6.20. The van der Waals surface area contributed by atoms with E-state index in [0.717, 1.165) is 26.6 Å². The maximum Gasteiger partial charge on any atom is 0.311 e. The van der Waals surface area contributed by atoms with Crippen molar-refractivity contribution in [1.82, 2.24) is 4.98 Å². The van der Waals surface area contributed by atoms with Crippen molar-refractivity contribution in [3.8, 4) is 0 Å². The summed E-state index contributed by atoms with van der Waals surface area (Å²) in [6, 6.07) is 14.4. The zero-order valence-corrected chi connectivity index (χ0v) is 17.4. The predicted molar refractivity (Wildman–Crippen MR) is 117 cm³/mol. The Hall–Kier alpha value is -3.01. The molecule has 1 aromatic heterocycles. The number of aryl methyl sites for hydroxylation is 2. The molecular weight excluding hydrogens is 471 g/mol. The molecular formula is C20H17IN4O3. The molecule has 0 aliphatic heterocycles. The highest BCUT2D eigenvalue weighted by atomic mass is 127. The molecule has 1 heterocycles. The van der Waals surface area contributed by atoms with Gasteiger partial charge in [-0.05, 0) is 71.8 Å². The van der Waals surface area contributed by atoms with E-state index in [9.17, 15) is 14.9 Å². The van der Waals surface area contributed by atoms with Gasteiger partial charge in [0, 0.05) is 20.9 Å². The molecule has 2 aromatic carbocycles. The van der Waals surface area contributed by atoms with E-state index in [1.807, 2.05) is 44.2 Å². The first-order chi connectivity index (χ1) is 13.3. The van der Waals surface area contributed by atoms with Crippen LogP contribution in [0.15, 0.2) is 54.7 Å². The summed E-state index contributed by atoms with van der Waals surface area (Å²) in [6.45, 7) is 3.76. The highest BCUT2D eigenvalue weighted by Crippen LogP contribution is 2.29. The van der Waals surface area contributed by atoms with Gasteiger partial charge in [-0.2, -0.15) is 0 Å². The van der Waals surface area contributed by atoms with Gasteiger partial charge in [-0.25, -0.2) is 4.98 Å². The number of hydrogen-bond acceptors (Lipinski definition) is 5. The molecule has 2 N–H and O–H groups in total. The number of amides is 1. The monoisotopic (exact) mass is 488 g/mol. The van der Waals surface area contributed by atoms with E-state index in [2.05, 4.69) is 38.2 Å². The van der Waals surface area contributed by atoms with Crippen LogP contribution in [0.5, 0.6) is 0 Å². The van der Waals surface area contributed by atoms with Crippen LogP contribution in [0.25, 0.3) is 0 Å². The fraction of sp³-hybridized carbons (Fsp3) is 0.100. The molecule has 0 aliphatic rings. The molecule has 7 nitrogen and oxygen atoms in total. The Morgan fingerprint density at radius 2 is 1.82 bits per heavy atom. The summed E-state index contributed by atoms with van der Waals surface area (Å²) >= 11 is 2.23. The lowest BCUT2D eigenvalue weighted by molar-refractivity contribution is -0.384. The second-order valence-corrected chi connectivity index (χ2v) is 7.44. The van der Waals surface area contributed by atoms with E-state index in [4.69, 9.17) is 0 Å². The Balaban J connectivity index is 1.92. The van der Waals surface area contributed by atoms with Crippen LogP contribution >= 0.6 is 22.6 Å². The minimum absolute atomic E-state index is 0.0823. The number of nitrogens with zero attached hydrogens (tertiary/aromatic N) is 2. The van der Waals surface area contributed by atoms with Crippen molar-refractivity contribution in [1.29, 1.82) is 0 Å². The highest BCUT2D eigenvalue weighted by Gasteiger charge is 2.19. The fourth-order valence-corrected chi connectivity index (χ4v) is 3.33. The van der Waals surface area contributed by atoms with E-state index in [1.165, 1.54) is 6.07 Å². The van der Waals surface area contributed by atoms with Crippen LogP contribution in [0.4, 0.5) is 22.9 Å². The third-order valence-corrected chi connectivity index (χ3v) is 4.84. The van der Waals surface area contributed by atoms with Crippen molar-refractivity contribution < 1.29 is 9.72 Å². The van der Waals surface area contributed by atoms with Gasteiger partial charge in [-0.3, -0.25) is 14.9 Å². The van der Waals surface area contributed by atoms with Crippen molar-refractivity contribution in [2.24, 2.45) is 0 Å². The number of halogens is 1. The van der Waals surface area contributed by atoms with Crippen LogP contribution in [0.2, 0.25) is 0 Å². The lowest BCUT2D eigenvalue weighted by Crippen LogP contribution is -2.15. The van der Waals surface area contributed by atoms with Gasteiger partial charge in [0.1, 0.15) is 17.7 Å². The fourth-order valence-electron chi connectivity index (χ4n) is 2.68. The van der Waals surface area contributed by atoms with Crippen LogP contribution in [-0.4, -0.2) is 15.8 Å². The van der Waals surface area contributed by atoms with Crippen molar-refractivity contribution in [2.75, 3.05) is 10.6 Å². The standard InChI is InChI=1S/C20H17IN4O3/c1-12-5-3-4-6-15(12)20(26)24-17-10-19(22-11-18(17)25(27)28)23-16-8-7-14(21)9-13(16)2/h3-11H,1-2H3,(H2,22,23,24,26). The smallest absolute Gasteiger partial charge is 0.311 e. The number of nitro groups is 1. The number of benzene rings is 2. The number of hydrogen-bond donors (Lipinski definition) is 2. The zero-order valence-electron chi connectivity index (χ0n) is 15.2. The Labute approximate surface area is 175 Å². The van der Waals surface area contributed by atoms with Gasteiger partial charge in [0.2, 0.25) is 0 Å². The quantitative estimate of drug-likeness (QED) is 0.292. The summed E-state index contributed by atoms with van der Waals surface area (Å²) in [7, 11) is 0. The van der Waals surface area contributed by atoms with E-state index in [1.54, 1.807) is 12.1 Å². The third-order valence-electron chi connectivity index (χ3n) is 4.17. The Morgan fingerprint density at radius 3 is 2.50 bits per heavy atom. The van der Waals surface area contributed by atoms with Crippen molar-refractivity contribution >= 4 is 51.4 Å². The van der Waals surface area contributed by atoms with Gasteiger partial charge in [-0.15, -0.1) is 0 Å². The number of nitrogens with one attached hydrogen (secondary N) is 2. The van der Waals surface area contributed by atoms with Gasteiger partial charge in [0.05, 0.1) is 4.92 Å². The summed E-state index contributed by atoms with van der Waals surface area (Å²) < 4.78 is 1.10. The molecule has 3 aromatic rings. The van der Waals surface area contributed by atoms with Crippen molar-refractivity contribution in [2.45, 2.75) is 13.8 Å². The molecule has 0 saturated heterocycles. The van der Waals surface area contributed by atoms with Crippen LogP contribution < -0.4 is 10.6 Å². The molecule has 0 atom stereocenters. The van der Waals surface area contributed by atoms with E-state index < -0.39 is 10.8 Å². The predicted octanol–water partition coefficient (Wildman–Crippen LogP) is 5.21. The van der Waals surface area contributed by atoms with Gasteiger partial charge in [0.15, 0.2) is 0 Å². The second kappa shape index (κ2) is 8.34. The lowest BCUT2D eigenvalue weighted by Gasteiger charge is -2.12. The molecule has 0 aliphatic carbocycles. The van der Waals surface area contributed by atoms with Crippen molar-refractivity contribution in [3.05, 3.63) is 85.1 Å². The molecule has 0 radical (unpaired) electrons. The molecule has 8 heteroatoms. The maximum absolute atomic E-state index is 12.6. The Morgan fingerprint density at radius 1 is 1.07 bits per heavy atom. The maximum atomic E-state index is 12.6. The molecule has 0 unspecified atom stereocenters. The van der Waals surface area contributed by atoms with Gasteiger partial charge in [-0.1, -0.05) is 18.2 Å². The minimum Gasteiger partial charge on any atom is -0.340 e. The number of rotatable bonds is 5. The molecule has 3 rings (SSSR count). The first kappa shape index (κ1) is 19.7. The molecule has 0 saturated carbocycles. The highest BCUT2D eigenvalue weighted by molar-refractivity contribution is 14.1. The van der Waals surface area contributed by atoms with Crippen LogP contribution in [-0.2, 0) is 0 Å². The number of pyridine rings is 1. The SMILES string of the molecule is Cc1cc(I)ccc1Nc1cc(NC(=O)c2ccccc2C)c([N+](=O)[O-])cn1. The topological polar surface area (TPSA) is 97.2 Å². The summed E-state index contributed by atoms with van der Waals surface area (Å²) in [5.74, 6) is -0.0150. The molecule has 142 valence electrons. The molecule has 28 heavy (non-hydrogen) atoms. The van der Waals surface area contributed by atoms with E-state index in [-0.39, 0.29) is 11.4 Å². The molecule has 0 spiro atoms.